The maximum Gasteiger partial charge on any atom is 3.00 e. The van der Waals surface area contributed by atoms with Crippen molar-refractivity contribution in [3.8, 4) is 0 Å². The average Bonchev–Trinajstić information content (AvgIpc) is 1.53. The van der Waals surface area contributed by atoms with E-state index in [-0.39, 0.29) is 94.0 Å². The van der Waals surface area contributed by atoms with Crippen molar-refractivity contribution in [3.05, 3.63) is 75.8 Å². The third-order valence-corrected chi connectivity index (χ3v) is 21.6. The second kappa shape index (κ2) is 28.5. The van der Waals surface area contributed by atoms with Gasteiger partial charge in [-0.15, -0.1) is 0 Å². The zero-order valence-corrected chi connectivity index (χ0v) is 56.4. The van der Waals surface area contributed by atoms with Gasteiger partial charge in [-0.1, -0.05) is 47.1 Å². The van der Waals surface area contributed by atoms with Crippen molar-refractivity contribution >= 4 is 77.3 Å². The summed E-state index contributed by atoms with van der Waals surface area (Å²) in [7, 11) is -5.32. The SMILES string of the molecule is CC1=C2N=C(/C=C3N=C(/C(C)=C4\[N-]C(C)(C5N=C1C(C)(CCC(=O)NCC(C)OP(=O)([O-])OC1C(CO)OC(n6cnc7cc(C)c(C)cc76)C1O)C5CC(N)=O)C(C)(CC(N)=O)C4CCC(N)=O)C(C)(CC(N)=O)C\3CCC(N)=O)C(C)(C)C2CCC(N)=O.[C-]#N.[Co+3]. The van der Waals surface area contributed by atoms with Gasteiger partial charge in [0.1, 0.15) is 18.3 Å². The van der Waals surface area contributed by atoms with Crippen LogP contribution in [0.2, 0.25) is 0 Å². The number of ether oxygens (including phenoxy) is 1. The van der Waals surface area contributed by atoms with Crippen LogP contribution >= 0.6 is 7.82 Å². The minimum Gasteiger partial charge on any atom is -0.756 e. The summed E-state index contributed by atoms with van der Waals surface area (Å²) in [4.78, 5) is 128. The number of aliphatic hydroxyl groups is 2. The molecule has 28 nitrogen and oxygen atoms in total. The molecule has 0 aliphatic carbocycles. The molecule has 8 rings (SSSR count). The monoisotopic (exact) mass is 1350 g/mol. The predicted octanol–water partition coefficient (Wildman–Crippen LogP) is 3.41. The fourth-order valence-electron chi connectivity index (χ4n) is 15.3. The number of carbonyl (C=O) groups is 7. The van der Waals surface area contributed by atoms with Crippen molar-refractivity contribution in [2.45, 2.75) is 189 Å². The Labute approximate surface area is 551 Å². The van der Waals surface area contributed by atoms with Crippen molar-refractivity contribution in [3.63, 3.8) is 0 Å². The van der Waals surface area contributed by atoms with E-state index in [0.29, 0.717) is 56.4 Å². The minimum atomic E-state index is -5.32. The molecule has 93 heavy (non-hydrogen) atoms. The molecule has 2 aromatic rings. The van der Waals surface area contributed by atoms with Crippen molar-refractivity contribution in [1.82, 2.24) is 14.9 Å². The number of nitrogens with zero attached hydrogens (tertiary/aromatic N) is 7. The molecule has 2 fully saturated rings. The van der Waals surface area contributed by atoms with E-state index >= 15 is 0 Å². The van der Waals surface area contributed by atoms with E-state index in [1.807, 2.05) is 80.5 Å². The number of fused-ring (bicyclic) bond motifs is 7. The van der Waals surface area contributed by atoms with Crippen LogP contribution in [0.1, 0.15) is 150 Å². The van der Waals surface area contributed by atoms with Gasteiger partial charge in [-0.3, -0.25) is 53.1 Å². The Morgan fingerprint density at radius 1 is 0.806 bits per heavy atom. The second-order valence-electron chi connectivity index (χ2n) is 27.0. The van der Waals surface area contributed by atoms with Crippen LogP contribution in [-0.2, 0) is 68.7 Å². The number of aliphatic hydroxyl groups excluding tert-OH is 2. The van der Waals surface area contributed by atoms with Gasteiger partial charge in [0.05, 0.1) is 30.1 Å². The van der Waals surface area contributed by atoms with Crippen molar-refractivity contribution < 1.29 is 83.8 Å². The number of aliphatic imine (C=N–C) groups is 3. The maximum atomic E-state index is 14.4. The number of amides is 7. The third kappa shape index (κ3) is 14.6. The molecular weight excluding hydrogens is 1270 g/mol. The van der Waals surface area contributed by atoms with Crippen LogP contribution in [0.5, 0.6) is 0 Å². The van der Waals surface area contributed by atoms with Crippen LogP contribution in [0.25, 0.3) is 16.4 Å². The summed E-state index contributed by atoms with van der Waals surface area (Å²) in [6.45, 7) is 23.7. The molecule has 30 heteroatoms. The first-order valence-corrected chi connectivity index (χ1v) is 32.2. The van der Waals surface area contributed by atoms with E-state index in [1.54, 1.807) is 6.92 Å². The number of aromatic nitrogens is 2. The molecule has 508 valence electrons. The van der Waals surface area contributed by atoms with Gasteiger partial charge >= 0.3 is 16.8 Å². The van der Waals surface area contributed by atoms with E-state index in [9.17, 15) is 53.2 Å². The Morgan fingerprint density at radius 3 is 1.96 bits per heavy atom. The Kier molecular flexibility index (Phi) is 23.0. The van der Waals surface area contributed by atoms with Gasteiger partial charge in [-0.25, -0.2) is 4.98 Å². The first-order chi connectivity index (χ1) is 42.8. The smallest absolute Gasteiger partial charge is 0.756 e. The molecule has 1 aromatic heterocycles. The van der Waals surface area contributed by atoms with E-state index in [4.69, 9.17) is 80.3 Å². The van der Waals surface area contributed by atoms with Crippen LogP contribution < -0.4 is 44.6 Å². The van der Waals surface area contributed by atoms with Gasteiger partial charge in [0.2, 0.25) is 41.4 Å². The number of nitrogens with two attached hydrogens (primary N) is 6. The molecule has 0 saturated carbocycles. The topological polar surface area (TPSA) is 489 Å². The quantitative estimate of drug-likeness (QED) is 0.0481. The number of phosphoric ester groups is 1. The normalized spacial score (nSPS) is 32.4. The average molecular weight is 1360 g/mol. The summed E-state index contributed by atoms with van der Waals surface area (Å²) in [6, 6.07) is 2.65. The summed E-state index contributed by atoms with van der Waals surface area (Å²) in [5, 5.41) is 36.4. The molecule has 15 N–H and O–H groups in total. The van der Waals surface area contributed by atoms with Gasteiger partial charge < -0.3 is 90.3 Å². The molecule has 6 aliphatic heterocycles. The van der Waals surface area contributed by atoms with Crippen molar-refractivity contribution in [1.29, 1.82) is 5.26 Å². The molecule has 0 spiro atoms. The van der Waals surface area contributed by atoms with Crippen molar-refractivity contribution in [2.75, 3.05) is 13.2 Å². The number of nitrogens with one attached hydrogen (secondary N) is 1. The number of hydrogen-bond donors (Lipinski definition) is 9. The molecule has 1 aromatic carbocycles. The van der Waals surface area contributed by atoms with Gasteiger partial charge in [0, 0.05) is 114 Å². The van der Waals surface area contributed by atoms with Gasteiger partial charge in [0.25, 0.3) is 7.82 Å². The fraction of sp³-hybridized carbons (Fsp3) is 0.619. The largest absolute Gasteiger partial charge is 3.00 e. The number of primary amides is 6. The summed E-state index contributed by atoms with van der Waals surface area (Å²) in [6.07, 6.45) is -4.79. The number of allylic oxidation sites excluding steroid dienone is 6. The van der Waals surface area contributed by atoms with Gasteiger partial charge in [0.15, 0.2) is 6.23 Å². The van der Waals surface area contributed by atoms with E-state index in [0.717, 1.165) is 11.1 Å². The first-order valence-electron chi connectivity index (χ1n) is 30.7. The summed E-state index contributed by atoms with van der Waals surface area (Å²) in [5.74, 6) is -7.40. The molecule has 0 radical (unpaired) electrons. The van der Waals surface area contributed by atoms with Gasteiger partial charge in [-0.2, -0.15) is 5.70 Å². The Bertz CT molecular complexity index is 3600. The zero-order chi connectivity index (χ0) is 68.7. The molecule has 7 amide bonds. The molecular formula is C63H88CoN14O14P. The molecule has 15 atom stereocenters. The standard InChI is InChI=1S/C62H90N13O14P.CN.Co/c1-29-20-39-40(21-30(29)2)75(28-70-39)57-52(84)53(41(27-76)87-57)89-90(85,86)88-31(3)26-69-49(83)18-19-59(8)37(22-46(66)80)56-62(11)61(10,25-48(68)82)36(14-17-45(65)79)51(74-62)33(5)55-60(9,24-47(67)81)34(12-15-43(63)77)38(71-55)23-42-58(6,7)35(13-16-44(64)78)50(72-42)32(4)54(59)73-56;1-2;/h20-21,23,28,31,34-37,41,52-53,56-57,76,84H,12-19,22,24-27H2,1-11H3,(H15,63,64,65,66,67,68,69,71,72,73,74,77,78,79,80,81,82,83,85,86);;/q;-1;+3/p-2. The number of hydrogen-bond acceptors (Lipinski definition) is 19. The Morgan fingerprint density at radius 2 is 1.39 bits per heavy atom. The number of imidazole rings is 1. The Hall–Kier alpha value is -7.00. The number of phosphoric acid groups is 1. The molecule has 15 unspecified atom stereocenters. The van der Waals surface area contributed by atoms with Crippen molar-refractivity contribution in [2.24, 2.45) is 94.7 Å². The zero-order valence-electron chi connectivity index (χ0n) is 54.4. The second-order valence-corrected chi connectivity index (χ2v) is 28.3. The summed E-state index contributed by atoms with van der Waals surface area (Å²) >= 11 is 0. The Balaban J connectivity index is 0.00000453. The number of carbonyl (C=O) groups excluding carboxylic acids is 7. The van der Waals surface area contributed by atoms with Crippen LogP contribution in [0, 0.1) is 71.0 Å². The van der Waals surface area contributed by atoms with Crippen LogP contribution in [0.3, 0.4) is 0 Å². The fourth-order valence-corrected chi connectivity index (χ4v) is 16.4. The predicted molar refractivity (Wildman–Crippen MR) is 337 cm³/mol. The first kappa shape index (κ1) is 75.0. The third-order valence-electron chi connectivity index (χ3n) is 20.5. The maximum absolute atomic E-state index is 14.4. The molecule has 8 bridgehead atoms. The summed E-state index contributed by atoms with van der Waals surface area (Å²) in [5.41, 5.74) is 36.7. The number of benzene rings is 1. The van der Waals surface area contributed by atoms with E-state index in [1.165, 1.54) is 17.8 Å². The van der Waals surface area contributed by atoms with Crippen LogP contribution in [0.15, 0.2) is 67.8 Å². The molecule has 6 aliphatic rings. The minimum absolute atomic E-state index is 0. The van der Waals surface area contributed by atoms with Crippen LogP contribution in [0.4, 0.5) is 0 Å². The number of rotatable bonds is 26. The molecule has 7 heterocycles. The number of aryl methyl sites for hydroxylation is 2. The van der Waals surface area contributed by atoms with Crippen LogP contribution in [-0.4, -0.2) is 127 Å². The van der Waals surface area contributed by atoms with E-state index in [2.05, 4.69) is 10.3 Å². The van der Waals surface area contributed by atoms with E-state index < -0.39 is 143 Å². The molecule has 2 saturated heterocycles. The van der Waals surface area contributed by atoms with Gasteiger partial charge in [-0.05, 0) is 118 Å². The summed E-state index contributed by atoms with van der Waals surface area (Å²) < 4.78 is 31.9.